The number of aromatic nitrogens is 1. The van der Waals surface area contributed by atoms with E-state index in [2.05, 4.69) is 4.98 Å². The summed E-state index contributed by atoms with van der Waals surface area (Å²) in [5.41, 5.74) is 1.58. The maximum atomic E-state index is 12.2. The lowest BCUT2D eigenvalue weighted by atomic mass is 10.0. The van der Waals surface area contributed by atoms with Crippen molar-refractivity contribution in [1.82, 2.24) is 9.88 Å². The van der Waals surface area contributed by atoms with Gasteiger partial charge < -0.3 is 5.11 Å². The minimum Gasteiger partial charge on any atom is -0.477 e. The number of fused-ring (bicyclic) bond motifs is 1. The van der Waals surface area contributed by atoms with E-state index in [9.17, 15) is 14.7 Å². The summed E-state index contributed by atoms with van der Waals surface area (Å²) >= 11 is 2.89. The van der Waals surface area contributed by atoms with Gasteiger partial charge in [-0.15, -0.1) is 11.8 Å². The molecule has 5 nitrogen and oxygen atoms in total. The number of carboxylic acids is 1. The van der Waals surface area contributed by atoms with Crippen LogP contribution in [0.1, 0.15) is 12.5 Å². The average molecular weight is 320 g/mol. The number of β-lactam (4-membered cyclic amide) rings is 1. The molecule has 2 aliphatic rings. The summed E-state index contributed by atoms with van der Waals surface area (Å²) in [6.07, 6.45) is 5.12. The zero-order valence-electron chi connectivity index (χ0n) is 11.1. The first-order chi connectivity index (χ1) is 10.1. The first-order valence-corrected chi connectivity index (χ1v) is 8.22. The molecule has 0 spiro atoms. The smallest absolute Gasteiger partial charge is 0.354 e. The van der Waals surface area contributed by atoms with Gasteiger partial charge in [-0.25, -0.2) is 4.79 Å². The Hall–Kier alpha value is -1.73. The standard InChI is InChI=1S/C14H12N2O3S2/c1-2-20-14-10(13(18)19)16-11(17)9(12(16)21-14)6-8-4-3-5-15-7-8/h3-7,12H,2H2,1H3,(H,18,19)/b9-6-. The van der Waals surface area contributed by atoms with Crippen molar-refractivity contribution in [3.63, 3.8) is 0 Å². The summed E-state index contributed by atoms with van der Waals surface area (Å²) in [5, 5.41) is 9.09. The van der Waals surface area contributed by atoms with Gasteiger partial charge in [-0.1, -0.05) is 24.8 Å². The van der Waals surface area contributed by atoms with Crippen molar-refractivity contribution in [2.45, 2.75) is 12.3 Å². The molecule has 1 unspecified atom stereocenters. The Morgan fingerprint density at radius 1 is 1.62 bits per heavy atom. The predicted molar refractivity (Wildman–Crippen MR) is 83.2 cm³/mol. The topological polar surface area (TPSA) is 70.5 Å². The highest BCUT2D eigenvalue weighted by Crippen LogP contribution is 2.52. The molecule has 1 aromatic rings. The van der Waals surface area contributed by atoms with Crippen molar-refractivity contribution in [1.29, 1.82) is 0 Å². The molecule has 3 rings (SSSR count). The van der Waals surface area contributed by atoms with Gasteiger partial charge in [0.15, 0.2) is 5.70 Å². The van der Waals surface area contributed by atoms with Gasteiger partial charge in [0, 0.05) is 12.4 Å². The summed E-state index contributed by atoms with van der Waals surface area (Å²) in [6.45, 7) is 1.96. The molecule has 21 heavy (non-hydrogen) atoms. The number of nitrogens with zero attached hydrogens (tertiary/aromatic N) is 2. The molecule has 0 saturated carbocycles. The summed E-state index contributed by atoms with van der Waals surface area (Å²) in [5.74, 6) is -0.509. The highest BCUT2D eigenvalue weighted by molar-refractivity contribution is 8.22. The maximum Gasteiger partial charge on any atom is 0.354 e. The summed E-state index contributed by atoms with van der Waals surface area (Å²) in [7, 11) is 0. The first kappa shape index (κ1) is 14.2. The highest BCUT2D eigenvalue weighted by atomic mass is 32.2. The van der Waals surface area contributed by atoms with Crippen LogP contribution in [0.15, 0.2) is 40.0 Å². The zero-order chi connectivity index (χ0) is 15.0. The van der Waals surface area contributed by atoms with Crippen LogP contribution >= 0.6 is 23.5 Å². The van der Waals surface area contributed by atoms with Gasteiger partial charge in [0.05, 0.1) is 9.81 Å². The summed E-state index contributed by atoms with van der Waals surface area (Å²) in [4.78, 5) is 29.0. The van der Waals surface area contributed by atoms with Gasteiger partial charge in [-0.05, 0) is 23.5 Å². The number of amides is 1. The number of aliphatic carboxylic acids is 1. The monoisotopic (exact) mass is 320 g/mol. The molecule has 0 bridgehead atoms. The molecule has 7 heteroatoms. The number of carboxylic acid groups (broad SMARTS) is 1. The average Bonchev–Trinajstić information content (AvgIpc) is 2.82. The molecule has 0 aromatic carbocycles. The molecule has 1 aromatic heterocycles. The number of carbonyl (C=O) groups excluding carboxylic acids is 1. The minimum atomic E-state index is -1.05. The third-order valence-corrected chi connectivity index (χ3v) is 5.59. The molecule has 0 radical (unpaired) electrons. The quantitative estimate of drug-likeness (QED) is 0.678. The van der Waals surface area contributed by atoms with Crippen LogP contribution in [0, 0.1) is 0 Å². The SMILES string of the molecule is CCSC1=C(C(=O)O)N2C(=O)/C(=C/c3cccnc3)C2S1. The third-order valence-electron chi connectivity index (χ3n) is 3.10. The maximum absolute atomic E-state index is 12.2. The second kappa shape index (κ2) is 5.57. The van der Waals surface area contributed by atoms with Crippen molar-refractivity contribution >= 4 is 41.5 Å². The number of pyridine rings is 1. The van der Waals surface area contributed by atoms with Gasteiger partial charge >= 0.3 is 5.97 Å². The summed E-state index contributed by atoms with van der Waals surface area (Å²) in [6, 6.07) is 3.66. The van der Waals surface area contributed by atoms with E-state index >= 15 is 0 Å². The van der Waals surface area contributed by atoms with Crippen LogP contribution < -0.4 is 0 Å². The molecule has 1 amide bonds. The molecule has 108 valence electrons. The van der Waals surface area contributed by atoms with E-state index in [0.717, 1.165) is 11.3 Å². The molecule has 1 N–H and O–H groups in total. The Bertz CT molecular complexity index is 670. The Balaban J connectivity index is 1.90. The lowest BCUT2D eigenvalue weighted by Crippen LogP contribution is -2.51. The van der Waals surface area contributed by atoms with Crippen LogP contribution in [0.3, 0.4) is 0 Å². The molecule has 1 saturated heterocycles. The van der Waals surface area contributed by atoms with Gasteiger partial charge in [-0.2, -0.15) is 0 Å². The third kappa shape index (κ3) is 2.36. The first-order valence-electron chi connectivity index (χ1n) is 6.35. The molecule has 1 fully saturated rings. The second-order valence-corrected chi connectivity index (χ2v) is 7.03. The predicted octanol–water partition coefficient (Wildman–Crippen LogP) is 2.39. The van der Waals surface area contributed by atoms with E-state index in [1.807, 2.05) is 13.0 Å². The highest BCUT2D eigenvalue weighted by Gasteiger charge is 2.52. The van der Waals surface area contributed by atoms with Gasteiger partial charge in [0.1, 0.15) is 5.37 Å². The van der Waals surface area contributed by atoms with Crippen LogP contribution in [-0.4, -0.2) is 38.0 Å². The Morgan fingerprint density at radius 2 is 2.43 bits per heavy atom. The van der Waals surface area contributed by atoms with Gasteiger partial charge in [0.2, 0.25) is 0 Å². The molecule has 2 aliphatic heterocycles. The lowest BCUT2D eigenvalue weighted by molar-refractivity contribution is -0.141. The van der Waals surface area contributed by atoms with Gasteiger partial charge in [0.25, 0.3) is 5.91 Å². The Kier molecular flexibility index (Phi) is 3.77. The van der Waals surface area contributed by atoms with E-state index in [1.165, 1.54) is 28.4 Å². The van der Waals surface area contributed by atoms with E-state index in [4.69, 9.17) is 0 Å². The molecular weight excluding hydrogens is 308 g/mol. The van der Waals surface area contributed by atoms with E-state index in [1.54, 1.807) is 24.5 Å². The fraction of sp³-hybridized carbons (Fsp3) is 0.214. The van der Waals surface area contributed by atoms with Crippen molar-refractivity contribution in [3.8, 4) is 0 Å². The van der Waals surface area contributed by atoms with Crippen LogP contribution in [0.2, 0.25) is 0 Å². The lowest BCUT2D eigenvalue weighted by Gasteiger charge is -2.36. The second-order valence-electron chi connectivity index (χ2n) is 4.41. The minimum absolute atomic E-state index is 0.116. The number of carbonyl (C=O) groups is 2. The fourth-order valence-electron chi connectivity index (χ4n) is 2.21. The normalized spacial score (nSPS) is 22.5. The van der Waals surface area contributed by atoms with E-state index < -0.39 is 5.97 Å². The van der Waals surface area contributed by atoms with Crippen molar-refractivity contribution < 1.29 is 14.7 Å². The number of thioether (sulfide) groups is 2. The van der Waals surface area contributed by atoms with Crippen molar-refractivity contribution in [2.24, 2.45) is 0 Å². The Labute approximate surface area is 130 Å². The largest absolute Gasteiger partial charge is 0.477 e. The molecular formula is C14H12N2O3S2. The fourth-order valence-corrected chi connectivity index (χ4v) is 4.80. The molecule has 3 heterocycles. The van der Waals surface area contributed by atoms with Crippen LogP contribution in [0.25, 0.3) is 6.08 Å². The van der Waals surface area contributed by atoms with Crippen molar-refractivity contribution in [3.05, 3.63) is 45.6 Å². The van der Waals surface area contributed by atoms with Crippen LogP contribution in [0.5, 0.6) is 0 Å². The number of hydrogen-bond acceptors (Lipinski definition) is 5. The zero-order valence-corrected chi connectivity index (χ0v) is 12.8. The number of rotatable bonds is 4. The van der Waals surface area contributed by atoms with Crippen molar-refractivity contribution in [2.75, 3.05) is 5.75 Å². The van der Waals surface area contributed by atoms with E-state index in [-0.39, 0.29) is 17.0 Å². The van der Waals surface area contributed by atoms with E-state index in [0.29, 0.717) is 9.81 Å². The van der Waals surface area contributed by atoms with Crippen LogP contribution in [0.4, 0.5) is 0 Å². The molecule has 0 aliphatic carbocycles. The summed E-state index contributed by atoms with van der Waals surface area (Å²) < 4.78 is 0.706. The van der Waals surface area contributed by atoms with Gasteiger partial charge in [-0.3, -0.25) is 14.7 Å². The van der Waals surface area contributed by atoms with Crippen LogP contribution in [-0.2, 0) is 9.59 Å². The number of hydrogen-bond donors (Lipinski definition) is 1. The Morgan fingerprint density at radius 3 is 3.05 bits per heavy atom. The molecule has 1 atom stereocenters.